The number of benzene rings is 2. The molecular weight excluding hydrogens is 360 g/mol. The van der Waals surface area contributed by atoms with Gasteiger partial charge in [-0.3, -0.25) is 0 Å². The maximum Gasteiger partial charge on any atom is 0.261 e. The Morgan fingerprint density at radius 2 is 1.57 bits per heavy atom. The third-order valence-electron chi connectivity index (χ3n) is 6.09. The summed E-state index contributed by atoms with van der Waals surface area (Å²) >= 11 is 0. The van der Waals surface area contributed by atoms with Gasteiger partial charge in [-0.1, -0.05) is 87.5 Å². The lowest BCUT2D eigenvalue weighted by Crippen LogP contribution is -2.66. The molecule has 0 aromatic heterocycles. The summed E-state index contributed by atoms with van der Waals surface area (Å²) in [7, 11) is -0.614. The molecule has 0 aliphatic heterocycles. The summed E-state index contributed by atoms with van der Waals surface area (Å²) in [5.74, 6) is 1.16. The zero-order chi connectivity index (χ0) is 20.2. The van der Waals surface area contributed by atoms with Crippen LogP contribution in [0, 0.1) is 11.8 Å². The summed E-state index contributed by atoms with van der Waals surface area (Å²) in [6.45, 7) is 11.7. The van der Waals surface area contributed by atoms with Crippen LogP contribution < -0.4 is 10.4 Å². The minimum absolute atomic E-state index is 0.0296. The van der Waals surface area contributed by atoms with E-state index in [-0.39, 0.29) is 11.1 Å². The molecule has 3 heteroatoms. The van der Waals surface area contributed by atoms with Gasteiger partial charge in [-0.25, -0.2) is 0 Å². The van der Waals surface area contributed by atoms with Gasteiger partial charge in [-0.15, -0.1) is 6.58 Å². The lowest BCUT2D eigenvalue weighted by molar-refractivity contribution is 0.0788. The van der Waals surface area contributed by atoms with E-state index in [0.717, 1.165) is 13.0 Å². The van der Waals surface area contributed by atoms with E-state index < -0.39 is 8.32 Å². The number of hydrogen-bond donors (Lipinski definition) is 0. The zero-order valence-electron chi connectivity index (χ0n) is 17.7. The van der Waals surface area contributed by atoms with Crippen LogP contribution in [0.1, 0.15) is 33.6 Å². The molecule has 0 unspecified atom stereocenters. The molecule has 0 saturated heterocycles. The number of rotatable bonds is 9. The third-order valence-corrected chi connectivity index (χ3v) is 11.1. The second kappa shape index (κ2) is 8.77. The van der Waals surface area contributed by atoms with Gasteiger partial charge < -0.3 is 9.16 Å². The Hall–Kier alpha value is -1.68. The van der Waals surface area contributed by atoms with Crippen LogP contribution in [-0.4, -0.2) is 28.1 Å². The van der Waals surface area contributed by atoms with Crippen molar-refractivity contribution >= 4 is 18.7 Å². The molecule has 0 heterocycles. The Balaban J connectivity index is 1.91. The maximum absolute atomic E-state index is 7.05. The lowest BCUT2D eigenvalue weighted by Gasteiger charge is -2.43. The second-order valence-corrected chi connectivity index (χ2v) is 13.2. The first-order valence-corrected chi connectivity index (χ1v) is 12.2. The summed E-state index contributed by atoms with van der Waals surface area (Å²) < 4.78 is 12.7. The van der Waals surface area contributed by atoms with Crippen LogP contribution in [-0.2, 0) is 9.16 Å². The van der Waals surface area contributed by atoms with E-state index in [0.29, 0.717) is 11.8 Å². The summed E-state index contributed by atoms with van der Waals surface area (Å²) in [4.78, 5) is 0. The van der Waals surface area contributed by atoms with Crippen LogP contribution in [0.15, 0.2) is 73.3 Å². The topological polar surface area (TPSA) is 18.5 Å². The first-order valence-electron chi connectivity index (χ1n) is 10.3. The second-order valence-electron chi connectivity index (χ2n) is 8.93. The summed E-state index contributed by atoms with van der Waals surface area (Å²) in [6, 6.07) is 21.8. The van der Waals surface area contributed by atoms with Crippen LogP contribution >= 0.6 is 0 Å². The van der Waals surface area contributed by atoms with Gasteiger partial charge in [0.15, 0.2) is 0 Å². The minimum atomic E-state index is -2.43. The van der Waals surface area contributed by atoms with Crippen LogP contribution in [0.4, 0.5) is 0 Å². The quantitative estimate of drug-likeness (QED) is 0.450. The summed E-state index contributed by atoms with van der Waals surface area (Å²) in [5.41, 5.74) is 0. The molecule has 2 aromatic carbocycles. The van der Waals surface area contributed by atoms with Crippen molar-refractivity contribution in [3.8, 4) is 0 Å². The molecule has 1 fully saturated rings. The molecule has 1 aliphatic rings. The molecule has 28 heavy (non-hydrogen) atoms. The fourth-order valence-corrected chi connectivity index (χ4v) is 9.14. The molecule has 0 radical (unpaired) electrons. The average Bonchev–Trinajstić information content (AvgIpc) is 3.46. The van der Waals surface area contributed by atoms with Gasteiger partial charge in [0, 0.05) is 13.7 Å². The fraction of sp³-hybridized carbons (Fsp3) is 0.440. The Morgan fingerprint density at radius 1 is 1.04 bits per heavy atom. The number of ether oxygens (including phenoxy) is 1. The standard InChI is InChI=1S/C25H34O2Si/c1-6-13-24(26-5)23-18-20(23)19-27-28(25(2,3)4,21-14-9-7-10-15-21)22-16-11-8-12-17-22/h6-12,14-17,20,23-24H,1,13,18-19H2,2-5H3/t20-,23+,24+/m0/s1. The van der Waals surface area contributed by atoms with Gasteiger partial charge in [0.2, 0.25) is 0 Å². The highest BCUT2D eigenvalue weighted by Crippen LogP contribution is 2.45. The van der Waals surface area contributed by atoms with Crippen molar-refractivity contribution in [1.82, 2.24) is 0 Å². The number of methoxy groups -OCH3 is 1. The van der Waals surface area contributed by atoms with Gasteiger partial charge >= 0.3 is 0 Å². The molecule has 0 N–H and O–H groups in total. The molecule has 0 amide bonds. The normalized spacial score (nSPS) is 20.6. The zero-order valence-corrected chi connectivity index (χ0v) is 18.7. The first-order chi connectivity index (χ1) is 13.4. The summed E-state index contributed by atoms with van der Waals surface area (Å²) in [6.07, 6.45) is 4.33. The predicted octanol–water partition coefficient (Wildman–Crippen LogP) is 4.79. The Morgan fingerprint density at radius 3 is 2.00 bits per heavy atom. The number of hydrogen-bond acceptors (Lipinski definition) is 2. The van der Waals surface area contributed by atoms with Crippen LogP contribution in [0.5, 0.6) is 0 Å². The molecule has 0 spiro atoms. The molecule has 2 aromatic rings. The smallest absolute Gasteiger partial charge is 0.261 e. The summed E-state index contributed by atoms with van der Waals surface area (Å²) in [5, 5.41) is 2.72. The van der Waals surface area contributed by atoms with Gasteiger partial charge in [0.05, 0.1) is 6.10 Å². The van der Waals surface area contributed by atoms with Gasteiger partial charge in [0.1, 0.15) is 0 Å². The van der Waals surface area contributed by atoms with Crippen molar-refractivity contribution in [3.05, 3.63) is 73.3 Å². The highest BCUT2D eigenvalue weighted by molar-refractivity contribution is 6.99. The van der Waals surface area contributed by atoms with E-state index >= 15 is 0 Å². The van der Waals surface area contributed by atoms with Gasteiger partial charge in [-0.2, -0.15) is 0 Å². The Kier molecular flexibility index (Phi) is 6.59. The Bertz CT molecular complexity index is 712. The lowest BCUT2D eigenvalue weighted by atomic mass is 10.1. The Labute approximate surface area is 171 Å². The third kappa shape index (κ3) is 4.17. The highest BCUT2D eigenvalue weighted by Gasteiger charge is 2.52. The van der Waals surface area contributed by atoms with E-state index in [9.17, 15) is 0 Å². The highest BCUT2D eigenvalue weighted by atomic mass is 28.4. The van der Waals surface area contributed by atoms with Crippen LogP contribution in [0.25, 0.3) is 0 Å². The van der Waals surface area contributed by atoms with Crippen molar-refractivity contribution in [2.75, 3.05) is 13.7 Å². The molecular formula is C25H34O2Si. The fourth-order valence-electron chi connectivity index (χ4n) is 4.52. The van der Waals surface area contributed by atoms with Crippen molar-refractivity contribution < 1.29 is 9.16 Å². The SMILES string of the molecule is C=CC[C@@H](OC)[C@@H]1C[C@H]1CO[Si](c1ccccc1)(c1ccccc1)C(C)(C)C. The molecule has 0 bridgehead atoms. The van der Waals surface area contributed by atoms with E-state index in [1.807, 2.05) is 13.2 Å². The maximum atomic E-state index is 7.05. The average molecular weight is 395 g/mol. The van der Waals surface area contributed by atoms with Crippen molar-refractivity contribution in [1.29, 1.82) is 0 Å². The van der Waals surface area contributed by atoms with Crippen molar-refractivity contribution in [3.63, 3.8) is 0 Å². The van der Waals surface area contributed by atoms with Crippen molar-refractivity contribution in [2.24, 2.45) is 11.8 Å². The van der Waals surface area contributed by atoms with E-state index in [2.05, 4.69) is 88.0 Å². The molecule has 2 nitrogen and oxygen atoms in total. The van der Waals surface area contributed by atoms with Gasteiger partial charge in [-0.05, 0) is 40.1 Å². The van der Waals surface area contributed by atoms with Gasteiger partial charge in [0.25, 0.3) is 8.32 Å². The molecule has 1 aliphatic carbocycles. The molecule has 150 valence electrons. The molecule has 3 rings (SSSR count). The van der Waals surface area contributed by atoms with E-state index in [4.69, 9.17) is 9.16 Å². The minimum Gasteiger partial charge on any atom is -0.407 e. The monoisotopic (exact) mass is 394 g/mol. The molecule has 3 atom stereocenters. The van der Waals surface area contributed by atoms with E-state index in [1.165, 1.54) is 16.8 Å². The largest absolute Gasteiger partial charge is 0.407 e. The van der Waals surface area contributed by atoms with Crippen LogP contribution in [0.3, 0.4) is 0 Å². The van der Waals surface area contributed by atoms with Crippen molar-refractivity contribution in [2.45, 2.75) is 44.8 Å². The van der Waals surface area contributed by atoms with E-state index in [1.54, 1.807) is 0 Å². The molecule has 1 saturated carbocycles. The van der Waals surface area contributed by atoms with Crippen LogP contribution in [0.2, 0.25) is 5.04 Å². The predicted molar refractivity (Wildman–Crippen MR) is 121 cm³/mol. The first kappa shape index (κ1) is 21.0.